The van der Waals surface area contributed by atoms with E-state index in [1.54, 1.807) is 7.11 Å². The number of alkyl carbamates (subject to hydrolysis) is 1. The van der Waals surface area contributed by atoms with Gasteiger partial charge in [0.25, 0.3) is 0 Å². The van der Waals surface area contributed by atoms with Gasteiger partial charge in [0.2, 0.25) is 0 Å². The highest BCUT2D eigenvalue weighted by atomic mass is 32.2. The Balaban J connectivity index is 1.98. The zero-order valence-corrected chi connectivity index (χ0v) is 13.1. The molecule has 4 nitrogen and oxygen atoms in total. The molecule has 1 aromatic rings. The predicted octanol–water partition coefficient (Wildman–Crippen LogP) is 2.61. The Bertz CT molecular complexity index is 529. The van der Waals surface area contributed by atoms with E-state index in [0.29, 0.717) is 0 Å². The lowest BCUT2D eigenvalue weighted by Gasteiger charge is -2.30. The second-order valence-corrected chi connectivity index (χ2v) is 7.72. The molecule has 1 aliphatic carbocycles. The molecular weight excluding hydrogens is 294 g/mol. The number of ether oxygens (including phenoxy) is 2. The molecule has 1 unspecified atom stereocenters. The van der Waals surface area contributed by atoms with Crippen molar-refractivity contribution in [2.75, 3.05) is 25.7 Å². The van der Waals surface area contributed by atoms with Gasteiger partial charge in [-0.05, 0) is 29.7 Å². The fraction of sp³-hybridized carbons (Fsp3) is 0.500. The molecule has 0 aromatic heterocycles. The number of nitrogens with one attached hydrogen (secondary N) is 1. The average molecular weight is 311 g/mol. The molecule has 0 saturated carbocycles. The Morgan fingerprint density at radius 2 is 2.10 bits per heavy atom. The fourth-order valence-electron chi connectivity index (χ4n) is 2.86. The molecule has 108 valence electrons. The number of benzene rings is 1. The monoisotopic (exact) mass is 311 g/mol. The fourth-order valence-corrected chi connectivity index (χ4v) is 6.34. The summed E-state index contributed by atoms with van der Waals surface area (Å²) in [5.74, 6) is 3.07. The Labute approximate surface area is 127 Å². The van der Waals surface area contributed by atoms with Crippen LogP contribution >= 0.6 is 23.5 Å². The lowest BCUT2D eigenvalue weighted by Crippen LogP contribution is -2.44. The van der Waals surface area contributed by atoms with Gasteiger partial charge in [-0.2, -0.15) is 0 Å². The number of hydrogen-bond donors (Lipinski definition) is 1. The topological polar surface area (TPSA) is 47.6 Å². The first-order valence-corrected chi connectivity index (χ1v) is 8.46. The second-order valence-electron chi connectivity index (χ2n) is 4.78. The quantitative estimate of drug-likeness (QED) is 0.910. The molecule has 1 heterocycles. The number of fused-ring (bicyclic) bond motifs is 2. The highest BCUT2D eigenvalue weighted by Crippen LogP contribution is 2.59. The summed E-state index contributed by atoms with van der Waals surface area (Å²) in [4.78, 5) is 11.6. The third kappa shape index (κ3) is 2.15. The Hall–Kier alpha value is -1.01. The summed E-state index contributed by atoms with van der Waals surface area (Å²) in [6.45, 7) is 0. The Kier molecular flexibility index (Phi) is 3.77. The zero-order chi connectivity index (χ0) is 14.2. The smallest absolute Gasteiger partial charge is 0.407 e. The molecule has 1 spiro atoms. The third-order valence-corrected chi connectivity index (χ3v) is 7.42. The SMILES string of the molecule is COC(=O)NC1Cc2ccc(OC)cc2C12SCCS2. The normalized spacial score (nSPS) is 22.6. The van der Waals surface area contributed by atoms with Crippen molar-refractivity contribution < 1.29 is 14.3 Å². The van der Waals surface area contributed by atoms with Crippen LogP contribution < -0.4 is 10.1 Å². The molecule has 1 aliphatic heterocycles. The van der Waals surface area contributed by atoms with Crippen molar-refractivity contribution in [2.45, 2.75) is 16.5 Å². The van der Waals surface area contributed by atoms with Crippen LogP contribution in [0.15, 0.2) is 18.2 Å². The van der Waals surface area contributed by atoms with Crippen molar-refractivity contribution in [1.82, 2.24) is 5.32 Å². The van der Waals surface area contributed by atoms with E-state index in [9.17, 15) is 4.79 Å². The van der Waals surface area contributed by atoms with Gasteiger partial charge in [-0.3, -0.25) is 0 Å². The van der Waals surface area contributed by atoms with Crippen LogP contribution in [0.2, 0.25) is 0 Å². The molecule has 20 heavy (non-hydrogen) atoms. The van der Waals surface area contributed by atoms with E-state index in [4.69, 9.17) is 9.47 Å². The van der Waals surface area contributed by atoms with E-state index < -0.39 is 0 Å². The minimum absolute atomic E-state index is 0.0644. The zero-order valence-electron chi connectivity index (χ0n) is 11.5. The molecule has 0 bridgehead atoms. The molecule has 1 fully saturated rings. The van der Waals surface area contributed by atoms with Gasteiger partial charge in [-0.1, -0.05) is 6.07 Å². The third-order valence-electron chi connectivity index (χ3n) is 3.77. The van der Waals surface area contributed by atoms with E-state index in [1.807, 2.05) is 29.6 Å². The lowest BCUT2D eigenvalue weighted by atomic mass is 10.1. The Morgan fingerprint density at radius 3 is 2.75 bits per heavy atom. The second kappa shape index (κ2) is 5.41. The van der Waals surface area contributed by atoms with E-state index >= 15 is 0 Å². The maximum Gasteiger partial charge on any atom is 0.407 e. The molecule has 6 heteroatoms. The summed E-state index contributed by atoms with van der Waals surface area (Å²) >= 11 is 3.82. The van der Waals surface area contributed by atoms with Gasteiger partial charge in [0, 0.05) is 11.5 Å². The van der Waals surface area contributed by atoms with Crippen LogP contribution in [0.5, 0.6) is 5.75 Å². The summed E-state index contributed by atoms with van der Waals surface area (Å²) in [5, 5.41) is 3.00. The van der Waals surface area contributed by atoms with E-state index in [-0.39, 0.29) is 16.2 Å². The summed E-state index contributed by atoms with van der Waals surface area (Å²) in [7, 11) is 3.09. The number of carbonyl (C=O) groups excluding carboxylic acids is 1. The van der Waals surface area contributed by atoms with Crippen molar-refractivity contribution >= 4 is 29.6 Å². The first kappa shape index (κ1) is 13.9. The highest BCUT2D eigenvalue weighted by Gasteiger charge is 2.51. The maximum atomic E-state index is 11.6. The van der Waals surface area contributed by atoms with Gasteiger partial charge in [0.15, 0.2) is 0 Å². The largest absolute Gasteiger partial charge is 0.497 e. The van der Waals surface area contributed by atoms with E-state index in [2.05, 4.69) is 17.4 Å². The molecule has 1 amide bonds. The number of hydrogen-bond acceptors (Lipinski definition) is 5. The number of rotatable bonds is 2. The van der Waals surface area contributed by atoms with Crippen LogP contribution in [-0.2, 0) is 15.2 Å². The summed E-state index contributed by atoms with van der Waals surface area (Å²) < 4.78 is 10.0. The summed E-state index contributed by atoms with van der Waals surface area (Å²) in [5.41, 5.74) is 2.57. The van der Waals surface area contributed by atoms with Crippen molar-refractivity contribution in [2.24, 2.45) is 0 Å². The van der Waals surface area contributed by atoms with Crippen molar-refractivity contribution in [3.63, 3.8) is 0 Å². The van der Waals surface area contributed by atoms with Crippen molar-refractivity contribution in [1.29, 1.82) is 0 Å². The standard InChI is InChI=1S/C14H17NO3S2/c1-17-10-4-3-9-7-12(15-13(16)18-2)14(11(9)8-10)19-5-6-20-14/h3-4,8,12H,5-7H2,1-2H3,(H,15,16). The summed E-state index contributed by atoms with van der Waals surface area (Å²) in [6, 6.07) is 6.26. The molecule has 1 aromatic carbocycles. The number of amides is 1. The maximum absolute atomic E-state index is 11.6. The molecular formula is C14H17NO3S2. The molecule has 1 N–H and O–H groups in total. The van der Waals surface area contributed by atoms with Gasteiger partial charge in [-0.15, -0.1) is 23.5 Å². The molecule has 0 radical (unpaired) electrons. The summed E-state index contributed by atoms with van der Waals surface area (Å²) in [6.07, 6.45) is 0.483. The van der Waals surface area contributed by atoms with E-state index in [0.717, 1.165) is 23.7 Å². The highest BCUT2D eigenvalue weighted by molar-refractivity contribution is 8.20. The molecule has 3 rings (SSSR count). The van der Waals surface area contributed by atoms with Crippen LogP contribution in [-0.4, -0.2) is 37.9 Å². The van der Waals surface area contributed by atoms with Crippen LogP contribution in [0.25, 0.3) is 0 Å². The Morgan fingerprint density at radius 1 is 1.35 bits per heavy atom. The molecule has 1 atom stereocenters. The van der Waals surface area contributed by atoms with Crippen LogP contribution in [0.3, 0.4) is 0 Å². The minimum atomic E-state index is -0.359. The first-order valence-electron chi connectivity index (χ1n) is 6.49. The number of thioether (sulfide) groups is 2. The number of methoxy groups -OCH3 is 2. The van der Waals surface area contributed by atoms with Crippen molar-refractivity contribution in [3.8, 4) is 5.75 Å². The van der Waals surface area contributed by atoms with Crippen LogP contribution in [0.4, 0.5) is 4.79 Å². The lowest BCUT2D eigenvalue weighted by molar-refractivity contribution is 0.166. The van der Waals surface area contributed by atoms with Gasteiger partial charge in [0.1, 0.15) is 9.83 Å². The number of carbonyl (C=O) groups is 1. The molecule has 2 aliphatic rings. The van der Waals surface area contributed by atoms with Gasteiger partial charge in [-0.25, -0.2) is 4.79 Å². The van der Waals surface area contributed by atoms with Gasteiger partial charge < -0.3 is 14.8 Å². The van der Waals surface area contributed by atoms with Gasteiger partial charge >= 0.3 is 6.09 Å². The van der Waals surface area contributed by atoms with Crippen molar-refractivity contribution in [3.05, 3.63) is 29.3 Å². The van der Waals surface area contributed by atoms with Crippen LogP contribution in [0, 0.1) is 0 Å². The minimum Gasteiger partial charge on any atom is -0.497 e. The van der Waals surface area contributed by atoms with Crippen LogP contribution in [0.1, 0.15) is 11.1 Å². The first-order chi connectivity index (χ1) is 9.69. The molecule has 1 saturated heterocycles. The van der Waals surface area contributed by atoms with Gasteiger partial charge in [0.05, 0.1) is 20.3 Å². The van der Waals surface area contributed by atoms with E-state index in [1.165, 1.54) is 18.2 Å². The predicted molar refractivity (Wildman–Crippen MR) is 82.6 cm³/mol. The average Bonchev–Trinajstić information content (AvgIpc) is 3.07.